The number of hydrogen-bond donors (Lipinski definition) is 2. The van der Waals surface area contributed by atoms with E-state index < -0.39 is 0 Å². The second-order valence-electron chi connectivity index (χ2n) is 1.89. The zero-order valence-corrected chi connectivity index (χ0v) is 5.01. The van der Waals surface area contributed by atoms with Crippen molar-refractivity contribution in [1.82, 2.24) is 0 Å². The Bertz CT molecular complexity index is 39.8. The predicted molar refractivity (Wildman–Crippen MR) is 32.3 cm³/mol. The van der Waals surface area contributed by atoms with Crippen LogP contribution in [0.1, 0.15) is 12.8 Å². The molecular weight excluding hydrogens is 104 g/mol. The third-order valence-corrected chi connectivity index (χ3v) is 1.07. The summed E-state index contributed by atoms with van der Waals surface area (Å²) in [6.07, 6.45) is 1.39. The van der Waals surface area contributed by atoms with Gasteiger partial charge in [0.05, 0.1) is 0 Å². The van der Waals surface area contributed by atoms with Crippen LogP contribution in [0.15, 0.2) is 0 Å². The Morgan fingerprint density at radius 3 is 1.75 bits per heavy atom. The van der Waals surface area contributed by atoms with E-state index in [1.54, 1.807) is 0 Å². The molecule has 0 aliphatic heterocycles. The lowest BCUT2D eigenvalue weighted by Crippen LogP contribution is -2.00. The molecule has 49 valence electrons. The smallest absolute Gasteiger partial charge is 0.0433 e. The first-order chi connectivity index (χ1) is 3.81. The third-order valence-electron chi connectivity index (χ3n) is 1.07. The molecule has 0 unspecified atom stereocenters. The van der Waals surface area contributed by atoms with Crippen LogP contribution in [0, 0.1) is 12.8 Å². The van der Waals surface area contributed by atoms with Gasteiger partial charge in [0.25, 0.3) is 0 Å². The standard InChI is InChI=1S/C6H13O2/c1-6(2-4-7)3-5-8/h6-8H,1-5H2. The molecule has 2 heteroatoms. The second-order valence-corrected chi connectivity index (χ2v) is 1.89. The zero-order valence-electron chi connectivity index (χ0n) is 5.01. The van der Waals surface area contributed by atoms with Crippen molar-refractivity contribution in [3.05, 3.63) is 6.92 Å². The summed E-state index contributed by atoms with van der Waals surface area (Å²) in [5.74, 6) is 0.213. The highest BCUT2D eigenvalue weighted by Gasteiger charge is 1.97. The summed E-state index contributed by atoms with van der Waals surface area (Å²) < 4.78 is 0. The summed E-state index contributed by atoms with van der Waals surface area (Å²) in [6, 6.07) is 0. The molecule has 0 saturated carbocycles. The molecule has 1 radical (unpaired) electrons. The Balaban J connectivity index is 2.92. The van der Waals surface area contributed by atoms with Gasteiger partial charge in [0.2, 0.25) is 0 Å². The minimum atomic E-state index is 0.175. The molecule has 0 aromatic carbocycles. The lowest BCUT2D eigenvalue weighted by molar-refractivity contribution is 0.233. The Hall–Kier alpha value is -0.0800. The molecule has 2 nitrogen and oxygen atoms in total. The molecule has 0 aliphatic carbocycles. The summed E-state index contributed by atoms with van der Waals surface area (Å²) in [5.41, 5.74) is 0. The first-order valence-corrected chi connectivity index (χ1v) is 2.86. The highest BCUT2D eigenvalue weighted by atomic mass is 16.3. The summed E-state index contributed by atoms with van der Waals surface area (Å²) in [6.45, 7) is 4.05. The monoisotopic (exact) mass is 117 g/mol. The molecule has 0 atom stereocenters. The van der Waals surface area contributed by atoms with Crippen LogP contribution in [0.5, 0.6) is 0 Å². The fourth-order valence-electron chi connectivity index (χ4n) is 0.509. The van der Waals surface area contributed by atoms with Gasteiger partial charge in [-0.25, -0.2) is 0 Å². The Labute approximate surface area is 50.2 Å². The molecule has 0 amide bonds. The molecule has 0 heterocycles. The average Bonchev–Trinajstić information content (AvgIpc) is 1.68. The fourth-order valence-corrected chi connectivity index (χ4v) is 0.509. The van der Waals surface area contributed by atoms with Crippen molar-refractivity contribution in [3.63, 3.8) is 0 Å². The molecule has 0 aromatic heterocycles. The Kier molecular flexibility index (Phi) is 5.01. The van der Waals surface area contributed by atoms with Crippen LogP contribution in [0.25, 0.3) is 0 Å². The van der Waals surface area contributed by atoms with E-state index in [1.165, 1.54) is 0 Å². The zero-order chi connectivity index (χ0) is 6.41. The SMILES string of the molecule is [CH2]C(CCO)CCO. The van der Waals surface area contributed by atoms with Crippen LogP contribution in [-0.2, 0) is 0 Å². The van der Waals surface area contributed by atoms with Gasteiger partial charge in [-0.2, -0.15) is 0 Å². The highest BCUT2D eigenvalue weighted by Crippen LogP contribution is 2.03. The second kappa shape index (κ2) is 5.06. The van der Waals surface area contributed by atoms with Crippen molar-refractivity contribution in [2.75, 3.05) is 13.2 Å². The van der Waals surface area contributed by atoms with E-state index in [1.807, 2.05) is 0 Å². The highest BCUT2D eigenvalue weighted by molar-refractivity contribution is 4.58. The van der Waals surface area contributed by atoms with Crippen LogP contribution in [0.4, 0.5) is 0 Å². The molecule has 0 spiro atoms. The van der Waals surface area contributed by atoms with Crippen molar-refractivity contribution in [2.45, 2.75) is 12.8 Å². The van der Waals surface area contributed by atoms with Gasteiger partial charge >= 0.3 is 0 Å². The molecule has 0 rings (SSSR count). The minimum Gasteiger partial charge on any atom is -0.396 e. The van der Waals surface area contributed by atoms with Gasteiger partial charge in [0.15, 0.2) is 0 Å². The van der Waals surface area contributed by atoms with E-state index >= 15 is 0 Å². The van der Waals surface area contributed by atoms with Crippen molar-refractivity contribution >= 4 is 0 Å². The van der Waals surface area contributed by atoms with Gasteiger partial charge in [-0.05, 0) is 18.8 Å². The molecule has 8 heavy (non-hydrogen) atoms. The van der Waals surface area contributed by atoms with E-state index in [-0.39, 0.29) is 19.1 Å². The van der Waals surface area contributed by atoms with Crippen LogP contribution in [0.3, 0.4) is 0 Å². The first kappa shape index (κ1) is 7.92. The number of aliphatic hydroxyl groups excluding tert-OH is 2. The van der Waals surface area contributed by atoms with E-state index in [9.17, 15) is 0 Å². The largest absolute Gasteiger partial charge is 0.396 e. The lowest BCUT2D eigenvalue weighted by atomic mass is 10.1. The van der Waals surface area contributed by atoms with E-state index in [4.69, 9.17) is 10.2 Å². The van der Waals surface area contributed by atoms with Crippen LogP contribution >= 0.6 is 0 Å². The van der Waals surface area contributed by atoms with E-state index in [2.05, 4.69) is 6.92 Å². The van der Waals surface area contributed by atoms with Crippen LogP contribution < -0.4 is 0 Å². The summed E-state index contributed by atoms with van der Waals surface area (Å²) in [5, 5.41) is 16.7. The third kappa shape index (κ3) is 4.09. The number of aliphatic hydroxyl groups is 2. The van der Waals surface area contributed by atoms with Gasteiger partial charge in [0, 0.05) is 13.2 Å². The Morgan fingerprint density at radius 2 is 1.50 bits per heavy atom. The van der Waals surface area contributed by atoms with Crippen molar-refractivity contribution in [2.24, 2.45) is 5.92 Å². The average molecular weight is 117 g/mol. The minimum absolute atomic E-state index is 0.175. The maximum Gasteiger partial charge on any atom is 0.0433 e. The van der Waals surface area contributed by atoms with E-state index in [0.29, 0.717) is 12.8 Å². The molecule has 0 bridgehead atoms. The van der Waals surface area contributed by atoms with Crippen molar-refractivity contribution in [3.8, 4) is 0 Å². The Morgan fingerprint density at radius 1 is 1.12 bits per heavy atom. The normalized spacial score (nSPS) is 10.5. The molecule has 0 fully saturated rings. The van der Waals surface area contributed by atoms with Crippen LogP contribution in [-0.4, -0.2) is 23.4 Å². The molecule has 0 aromatic rings. The first-order valence-electron chi connectivity index (χ1n) is 2.86. The molecule has 0 saturated heterocycles. The predicted octanol–water partition coefficient (Wildman–Crippen LogP) is 0.201. The van der Waals surface area contributed by atoms with Crippen molar-refractivity contribution < 1.29 is 10.2 Å². The maximum absolute atomic E-state index is 8.34. The maximum atomic E-state index is 8.34. The summed E-state index contributed by atoms with van der Waals surface area (Å²) >= 11 is 0. The quantitative estimate of drug-likeness (QED) is 0.552. The molecular formula is C6H13O2. The van der Waals surface area contributed by atoms with Crippen LogP contribution in [0.2, 0.25) is 0 Å². The van der Waals surface area contributed by atoms with E-state index in [0.717, 1.165) is 0 Å². The topological polar surface area (TPSA) is 40.5 Å². The number of hydrogen-bond acceptors (Lipinski definition) is 2. The van der Waals surface area contributed by atoms with Gasteiger partial charge < -0.3 is 10.2 Å². The van der Waals surface area contributed by atoms with Crippen molar-refractivity contribution in [1.29, 1.82) is 0 Å². The summed E-state index contributed by atoms with van der Waals surface area (Å²) in [4.78, 5) is 0. The number of rotatable bonds is 4. The summed E-state index contributed by atoms with van der Waals surface area (Å²) in [7, 11) is 0. The van der Waals surface area contributed by atoms with Gasteiger partial charge in [0.1, 0.15) is 0 Å². The molecule has 0 aliphatic rings. The van der Waals surface area contributed by atoms with Gasteiger partial charge in [-0.3, -0.25) is 0 Å². The van der Waals surface area contributed by atoms with Gasteiger partial charge in [-0.15, -0.1) is 0 Å². The van der Waals surface area contributed by atoms with Gasteiger partial charge in [-0.1, -0.05) is 6.92 Å². The fraction of sp³-hybridized carbons (Fsp3) is 0.833. The lowest BCUT2D eigenvalue weighted by Gasteiger charge is -2.04. The molecule has 2 N–H and O–H groups in total.